The van der Waals surface area contributed by atoms with E-state index in [1.807, 2.05) is 6.07 Å². The Morgan fingerprint density at radius 3 is 2.64 bits per heavy atom. The minimum atomic E-state index is 0.686. The number of amides is 1. The molecule has 0 unspecified atom stereocenters. The van der Waals surface area contributed by atoms with Gasteiger partial charge in [0, 0.05) is 6.54 Å². The summed E-state index contributed by atoms with van der Waals surface area (Å²) in [6, 6.07) is 10.6. The van der Waals surface area contributed by atoms with Crippen molar-refractivity contribution in [2.24, 2.45) is 5.92 Å². The van der Waals surface area contributed by atoms with Gasteiger partial charge in [0.25, 0.3) is 0 Å². The third-order valence-corrected chi connectivity index (χ3v) is 3.00. The molecule has 1 aliphatic rings. The minimum Gasteiger partial charge on any atom is -0.358 e. The van der Waals surface area contributed by atoms with Gasteiger partial charge in [-0.05, 0) is 30.2 Å². The smallest absolute Gasteiger partial charge is 0.207 e. The molecule has 1 saturated carbocycles. The molecular formula is C12H15NO. The summed E-state index contributed by atoms with van der Waals surface area (Å²) in [6.07, 6.45) is 3.21. The molecule has 14 heavy (non-hydrogen) atoms. The van der Waals surface area contributed by atoms with E-state index in [4.69, 9.17) is 0 Å². The van der Waals surface area contributed by atoms with Crippen LogP contribution in [0.2, 0.25) is 0 Å². The molecule has 0 aliphatic heterocycles. The predicted molar refractivity (Wildman–Crippen MR) is 56.0 cm³/mol. The zero-order valence-electron chi connectivity index (χ0n) is 8.15. The topological polar surface area (TPSA) is 29.1 Å². The fourth-order valence-electron chi connectivity index (χ4n) is 2.11. The van der Waals surface area contributed by atoms with Crippen LogP contribution in [0.25, 0.3) is 0 Å². The molecule has 1 aliphatic carbocycles. The highest BCUT2D eigenvalue weighted by molar-refractivity contribution is 5.45. The van der Waals surface area contributed by atoms with E-state index in [-0.39, 0.29) is 0 Å². The van der Waals surface area contributed by atoms with Gasteiger partial charge in [0.05, 0.1) is 0 Å². The average Bonchev–Trinajstić information content (AvgIpc) is 2.17. The highest BCUT2D eigenvalue weighted by atomic mass is 16.1. The highest BCUT2D eigenvalue weighted by Crippen LogP contribution is 2.40. The van der Waals surface area contributed by atoms with Gasteiger partial charge in [0.2, 0.25) is 6.41 Å². The highest BCUT2D eigenvalue weighted by Gasteiger charge is 2.29. The van der Waals surface area contributed by atoms with Crippen LogP contribution in [0.4, 0.5) is 0 Å². The van der Waals surface area contributed by atoms with Crippen molar-refractivity contribution in [1.29, 1.82) is 0 Å². The van der Waals surface area contributed by atoms with E-state index in [0.717, 1.165) is 18.9 Å². The summed E-state index contributed by atoms with van der Waals surface area (Å²) in [5.41, 5.74) is 1.44. The third kappa shape index (κ3) is 1.95. The summed E-state index contributed by atoms with van der Waals surface area (Å²) in [5, 5.41) is 2.74. The Kier molecular flexibility index (Phi) is 2.82. The maximum atomic E-state index is 10.1. The van der Waals surface area contributed by atoms with Gasteiger partial charge in [-0.25, -0.2) is 0 Å². The Morgan fingerprint density at radius 2 is 2.00 bits per heavy atom. The molecule has 0 saturated heterocycles. The van der Waals surface area contributed by atoms with E-state index in [9.17, 15) is 4.79 Å². The average molecular weight is 189 g/mol. The van der Waals surface area contributed by atoms with Gasteiger partial charge in [-0.2, -0.15) is 0 Å². The molecule has 74 valence electrons. The SMILES string of the molecule is O=CNCC1CC(c2ccccc2)C1. The second-order valence-electron chi connectivity index (χ2n) is 3.97. The Balaban J connectivity index is 1.80. The van der Waals surface area contributed by atoms with E-state index < -0.39 is 0 Å². The molecule has 2 nitrogen and oxygen atoms in total. The number of benzene rings is 1. The molecule has 0 bridgehead atoms. The molecule has 0 atom stereocenters. The fourth-order valence-corrected chi connectivity index (χ4v) is 2.11. The van der Waals surface area contributed by atoms with E-state index >= 15 is 0 Å². The van der Waals surface area contributed by atoms with Gasteiger partial charge in [-0.15, -0.1) is 0 Å². The number of carbonyl (C=O) groups is 1. The lowest BCUT2D eigenvalue weighted by Gasteiger charge is -2.35. The number of hydrogen-bond donors (Lipinski definition) is 1. The molecule has 1 aromatic carbocycles. The fraction of sp³-hybridized carbons (Fsp3) is 0.417. The maximum absolute atomic E-state index is 10.1. The summed E-state index contributed by atoms with van der Waals surface area (Å²) >= 11 is 0. The number of carbonyl (C=O) groups excluding carboxylic acids is 1. The van der Waals surface area contributed by atoms with Crippen LogP contribution in [-0.4, -0.2) is 13.0 Å². The van der Waals surface area contributed by atoms with Crippen molar-refractivity contribution in [1.82, 2.24) is 5.32 Å². The maximum Gasteiger partial charge on any atom is 0.207 e. The summed E-state index contributed by atoms with van der Waals surface area (Å²) in [4.78, 5) is 10.1. The quantitative estimate of drug-likeness (QED) is 0.720. The summed E-state index contributed by atoms with van der Waals surface area (Å²) in [5.74, 6) is 1.40. The van der Waals surface area contributed by atoms with Crippen molar-refractivity contribution in [3.05, 3.63) is 35.9 Å². The zero-order chi connectivity index (χ0) is 9.80. The monoisotopic (exact) mass is 189 g/mol. The normalized spacial score (nSPS) is 25.1. The number of hydrogen-bond acceptors (Lipinski definition) is 1. The Morgan fingerprint density at radius 1 is 1.29 bits per heavy atom. The lowest BCUT2D eigenvalue weighted by Crippen LogP contribution is -2.31. The van der Waals surface area contributed by atoms with Gasteiger partial charge in [0.1, 0.15) is 0 Å². The first-order valence-corrected chi connectivity index (χ1v) is 5.12. The summed E-state index contributed by atoms with van der Waals surface area (Å²) < 4.78 is 0. The first kappa shape index (κ1) is 9.25. The van der Waals surface area contributed by atoms with Crippen molar-refractivity contribution >= 4 is 6.41 Å². The number of nitrogens with one attached hydrogen (secondary N) is 1. The van der Waals surface area contributed by atoms with Gasteiger partial charge in [0.15, 0.2) is 0 Å². The molecule has 0 heterocycles. The van der Waals surface area contributed by atoms with Crippen molar-refractivity contribution in [2.75, 3.05) is 6.54 Å². The first-order chi connectivity index (χ1) is 6.90. The van der Waals surface area contributed by atoms with Gasteiger partial charge in [-0.3, -0.25) is 4.79 Å². The molecular weight excluding hydrogens is 174 g/mol. The molecule has 0 radical (unpaired) electrons. The third-order valence-electron chi connectivity index (χ3n) is 3.00. The van der Waals surface area contributed by atoms with Crippen LogP contribution in [0.15, 0.2) is 30.3 Å². The molecule has 1 fully saturated rings. The van der Waals surface area contributed by atoms with Crippen LogP contribution < -0.4 is 5.32 Å². The van der Waals surface area contributed by atoms with Gasteiger partial charge in [-0.1, -0.05) is 30.3 Å². The zero-order valence-corrected chi connectivity index (χ0v) is 8.15. The van der Waals surface area contributed by atoms with E-state index in [0.29, 0.717) is 5.92 Å². The van der Waals surface area contributed by atoms with E-state index in [2.05, 4.69) is 29.6 Å². The van der Waals surface area contributed by atoms with Gasteiger partial charge < -0.3 is 5.32 Å². The van der Waals surface area contributed by atoms with Crippen LogP contribution in [0.5, 0.6) is 0 Å². The number of rotatable bonds is 4. The van der Waals surface area contributed by atoms with Crippen molar-refractivity contribution in [2.45, 2.75) is 18.8 Å². The molecule has 1 amide bonds. The molecule has 0 aromatic heterocycles. The second kappa shape index (κ2) is 4.27. The van der Waals surface area contributed by atoms with Crippen molar-refractivity contribution in [3.8, 4) is 0 Å². The largest absolute Gasteiger partial charge is 0.358 e. The molecule has 0 spiro atoms. The first-order valence-electron chi connectivity index (χ1n) is 5.12. The lowest BCUT2D eigenvalue weighted by atomic mass is 9.71. The van der Waals surface area contributed by atoms with Crippen LogP contribution in [0.1, 0.15) is 24.3 Å². The molecule has 1 N–H and O–H groups in total. The molecule has 2 rings (SSSR count). The van der Waals surface area contributed by atoms with Crippen LogP contribution in [0, 0.1) is 5.92 Å². The van der Waals surface area contributed by atoms with Gasteiger partial charge >= 0.3 is 0 Å². The van der Waals surface area contributed by atoms with Crippen LogP contribution >= 0.6 is 0 Å². The van der Waals surface area contributed by atoms with Crippen molar-refractivity contribution < 1.29 is 4.79 Å². The Labute approximate surface area is 84.3 Å². The minimum absolute atomic E-state index is 0.686. The summed E-state index contributed by atoms with van der Waals surface area (Å²) in [6.45, 7) is 0.840. The van der Waals surface area contributed by atoms with E-state index in [1.54, 1.807) is 0 Å². The second-order valence-corrected chi connectivity index (χ2v) is 3.97. The van der Waals surface area contributed by atoms with E-state index in [1.165, 1.54) is 18.4 Å². The van der Waals surface area contributed by atoms with Crippen LogP contribution in [-0.2, 0) is 4.79 Å². The summed E-state index contributed by atoms with van der Waals surface area (Å²) in [7, 11) is 0. The van der Waals surface area contributed by atoms with Crippen LogP contribution in [0.3, 0.4) is 0 Å². The Hall–Kier alpha value is -1.31. The van der Waals surface area contributed by atoms with Crippen molar-refractivity contribution in [3.63, 3.8) is 0 Å². The molecule has 1 aromatic rings. The Bertz CT molecular complexity index is 290. The standard InChI is InChI=1S/C12H15NO/c14-9-13-8-10-6-12(7-10)11-4-2-1-3-5-11/h1-5,9-10,12H,6-8H2,(H,13,14). The molecule has 2 heteroatoms. The lowest BCUT2D eigenvalue weighted by molar-refractivity contribution is -0.109. The predicted octanol–water partition coefficient (Wildman–Crippen LogP) is 1.93.